The summed E-state index contributed by atoms with van der Waals surface area (Å²) in [7, 11) is 0. The highest BCUT2D eigenvalue weighted by Gasteiger charge is 2.34. The number of carboxylic acids is 1. The summed E-state index contributed by atoms with van der Waals surface area (Å²) in [5.74, 6) is -1.67. The second kappa shape index (κ2) is 9.06. The molecule has 8 nitrogen and oxygen atoms in total. The van der Waals surface area contributed by atoms with Crippen molar-refractivity contribution in [2.45, 2.75) is 25.6 Å². The zero-order chi connectivity index (χ0) is 25.5. The lowest BCUT2D eigenvalue weighted by Crippen LogP contribution is -2.42. The van der Waals surface area contributed by atoms with Gasteiger partial charge >= 0.3 is 17.8 Å². The smallest absolute Gasteiger partial charge is 0.417 e. The fourth-order valence-corrected chi connectivity index (χ4v) is 4.17. The molecule has 182 valence electrons. The van der Waals surface area contributed by atoms with Gasteiger partial charge in [0.25, 0.3) is 5.56 Å². The average Bonchev–Trinajstić information content (AvgIpc) is 3.22. The molecule has 0 bridgehead atoms. The van der Waals surface area contributed by atoms with Crippen molar-refractivity contribution in [1.82, 2.24) is 9.13 Å². The molecule has 2 aromatic carbocycles. The van der Waals surface area contributed by atoms with Crippen LogP contribution in [0.15, 0.2) is 58.3 Å². The van der Waals surface area contributed by atoms with Gasteiger partial charge in [0, 0.05) is 24.8 Å². The number of hydrogen-bond donors (Lipinski definition) is 1. The molecule has 1 N–H and O–H groups in total. The molecule has 0 unspecified atom stereocenters. The standard InChI is InChI=1S/C23H17ClF3N3O5/c24-19-13(3-1-4-17(19)23(25,26)27)11-30-20(32)16(21(33)34)12-29(22(30)35)15-8-6-14(7-9-15)28-10-2-5-18(28)31/h1,3-4,6-9,12H,2,5,10-11H2,(H,33,34). The van der Waals surface area contributed by atoms with Gasteiger partial charge in [-0.1, -0.05) is 23.7 Å². The van der Waals surface area contributed by atoms with Crippen LogP contribution in [0.1, 0.15) is 34.3 Å². The molecule has 0 saturated carbocycles. The van der Waals surface area contributed by atoms with E-state index in [0.717, 1.165) is 22.9 Å². The molecule has 4 rings (SSSR count). The van der Waals surface area contributed by atoms with E-state index in [2.05, 4.69) is 0 Å². The largest absolute Gasteiger partial charge is 0.477 e. The third-order valence-electron chi connectivity index (χ3n) is 5.63. The first-order chi connectivity index (χ1) is 16.5. The number of halogens is 4. The number of carboxylic acid groups (broad SMARTS) is 1. The topological polar surface area (TPSA) is 102 Å². The van der Waals surface area contributed by atoms with Crippen molar-refractivity contribution in [3.8, 4) is 5.69 Å². The molecule has 1 fully saturated rings. The van der Waals surface area contributed by atoms with Gasteiger partial charge in [0.2, 0.25) is 5.91 Å². The van der Waals surface area contributed by atoms with E-state index in [-0.39, 0.29) is 17.2 Å². The van der Waals surface area contributed by atoms with Gasteiger partial charge in [-0.3, -0.25) is 18.7 Å². The van der Waals surface area contributed by atoms with Gasteiger partial charge in [-0.25, -0.2) is 9.59 Å². The van der Waals surface area contributed by atoms with Crippen molar-refractivity contribution in [2.24, 2.45) is 0 Å². The van der Waals surface area contributed by atoms with Crippen LogP contribution in [-0.4, -0.2) is 32.7 Å². The predicted octanol–water partition coefficient (Wildman–Crippen LogP) is 3.54. The summed E-state index contributed by atoms with van der Waals surface area (Å²) in [5.41, 5.74) is -3.47. The number of benzene rings is 2. The zero-order valence-corrected chi connectivity index (χ0v) is 18.6. The predicted molar refractivity (Wildman–Crippen MR) is 120 cm³/mol. The van der Waals surface area contributed by atoms with Crippen LogP contribution >= 0.6 is 11.6 Å². The number of aromatic carboxylic acids is 1. The molecule has 35 heavy (non-hydrogen) atoms. The molecule has 12 heteroatoms. The lowest BCUT2D eigenvalue weighted by molar-refractivity contribution is -0.137. The monoisotopic (exact) mass is 507 g/mol. The Kier molecular flexibility index (Phi) is 6.28. The number of alkyl halides is 3. The Morgan fingerprint density at radius 1 is 1.03 bits per heavy atom. The van der Waals surface area contributed by atoms with Gasteiger partial charge in [0.15, 0.2) is 0 Å². The first-order valence-electron chi connectivity index (χ1n) is 10.3. The maximum absolute atomic E-state index is 13.2. The van der Waals surface area contributed by atoms with Crippen LogP contribution < -0.4 is 16.1 Å². The summed E-state index contributed by atoms with van der Waals surface area (Å²) in [6, 6.07) is 9.14. The minimum Gasteiger partial charge on any atom is -0.477 e. The lowest BCUT2D eigenvalue weighted by Gasteiger charge is -2.17. The highest BCUT2D eigenvalue weighted by atomic mass is 35.5. The molecule has 1 aromatic heterocycles. The van der Waals surface area contributed by atoms with Crippen molar-refractivity contribution in [3.05, 3.63) is 91.2 Å². The summed E-state index contributed by atoms with van der Waals surface area (Å²) in [5, 5.41) is 8.80. The summed E-state index contributed by atoms with van der Waals surface area (Å²) in [6.45, 7) is -0.133. The van der Waals surface area contributed by atoms with Crippen molar-refractivity contribution < 1.29 is 27.9 Å². The van der Waals surface area contributed by atoms with E-state index in [0.29, 0.717) is 29.6 Å². The fourth-order valence-electron chi connectivity index (χ4n) is 3.88. The molecule has 0 spiro atoms. The van der Waals surface area contributed by atoms with Gasteiger partial charge in [-0.05, 0) is 42.3 Å². The Bertz CT molecular complexity index is 1440. The molecule has 2 heterocycles. The van der Waals surface area contributed by atoms with Crippen LogP contribution in [0.4, 0.5) is 18.9 Å². The van der Waals surface area contributed by atoms with E-state index >= 15 is 0 Å². The van der Waals surface area contributed by atoms with Crippen LogP contribution in [0.3, 0.4) is 0 Å². The van der Waals surface area contributed by atoms with Gasteiger partial charge in [0.05, 0.1) is 22.8 Å². The number of aromatic nitrogens is 2. The Morgan fingerprint density at radius 3 is 2.26 bits per heavy atom. The molecule has 1 aliphatic heterocycles. The molecule has 1 saturated heterocycles. The molecule has 0 atom stereocenters. The number of hydrogen-bond acceptors (Lipinski definition) is 4. The normalized spacial score (nSPS) is 13.9. The number of rotatable bonds is 5. The van der Waals surface area contributed by atoms with E-state index in [1.165, 1.54) is 18.2 Å². The Labute approximate surface area is 200 Å². The quantitative estimate of drug-likeness (QED) is 0.569. The van der Waals surface area contributed by atoms with Crippen LogP contribution in [0.5, 0.6) is 0 Å². The number of carbonyl (C=O) groups is 2. The van der Waals surface area contributed by atoms with Crippen LogP contribution in [0.2, 0.25) is 5.02 Å². The number of carbonyl (C=O) groups excluding carboxylic acids is 1. The van der Waals surface area contributed by atoms with E-state index in [4.69, 9.17) is 11.6 Å². The lowest BCUT2D eigenvalue weighted by atomic mass is 10.1. The Balaban J connectivity index is 1.81. The second-order valence-corrected chi connectivity index (χ2v) is 8.21. The second-order valence-electron chi connectivity index (χ2n) is 7.83. The summed E-state index contributed by atoms with van der Waals surface area (Å²) in [6.07, 6.45) is -2.77. The minimum absolute atomic E-state index is 0.0467. The number of anilines is 1. The van der Waals surface area contributed by atoms with Crippen molar-refractivity contribution in [2.75, 3.05) is 11.4 Å². The number of nitrogens with zero attached hydrogens (tertiary/aromatic N) is 3. The van der Waals surface area contributed by atoms with E-state index in [1.807, 2.05) is 0 Å². The summed E-state index contributed by atoms with van der Waals surface area (Å²) in [4.78, 5) is 51.1. The van der Waals surface area contributed by atoms with E-state index in [9.17, 15) is 37.5 Å². The summed E-state index contributed by atoms with van der Waals surface area (Å²) >= 11 is 5.91. The average molecular weight is 508 g/mol. The van der Waals surface area contributed by atoms with Crippen molar-refractivity contribution in [3.63, 3.8) is 0 Å². The molecule has 1 aliphatic rings. The van der Waals surface area contributed by atoms with Crippen molar-refractivity contribution in [1.29, 1.82) is 0 Å². The zero-order valence-electron chi connectivity index (χ0n) is 17.9. The Hall–Kier alpha value is -3.86. The SMILES string of the molecule is O=C(O)c1cn(-c2ccc(N3CCCC3=O)cc2)c(=O)n(Cc2cccc(C(F)(F)F)c2Cl)c1=O. The van der Waals surface area contributed by atoms with Gasteiger partial charge in [0.1, 0.15) is 5.56 Å². The molecule has 3 aromatic rings. The minimum atomic E-state index is -4.76. The van der Waals surface area contributed by atoms with E-state index < -0.39 is 46.1 Å². The Morgan fingerprint density at radius 2 is 1.69 bits per heavy atom. The third kappa shape index (κ3) is 4.59. The first-order valence-corrected chi connectivity index (χ1v) is 10.7. The fraction of sp³-hybridized carbons (Fsp3) is 0.217. The highest BCUT2D eigenvalue weighted by molar-refractivity contribution is 6.32. The first kappa shape index (κ1) is 24.3. The van der Waals surface area contributed by atoms with Crippen LogP contribution in [0, 0.1) is 0 Å². The molecular formula is C23H17ClF3N3O5. The summed E-state index contributed by atoms with van der Waals surface area (Å²) < 4.78 is 41.1. The highest BCUT2D eigenvalue weighted by Crippen LogP contribution is 2.36. The maximum atomic E-state index is 13.2. The van der Waals surface area contributed by atoms with Crippen LogP contribution in [0.25, 0.3) is 5.69 Å². The number of amides is 1. The van der Waals surface area contributed by atoms with Crippen LogP contribution in [-0.2, 0) is 17.5 Å². The molecule has 0 radical (unpaired) electrons. The molecular weight excluding hydrogens is 491 g/mol. The third-order valence-corrected chi connectivity index (χ3v) is 6.07. The van der Waals surface area contributed by atoms with Gasteiger partial charge in [-0.15, -0.1) is 0 Å². The van der Waals surface area contributed by atoms with Gasteiger partial charge < -0.3 is 10.0 Å². The van der Waals surface area contributed by atoms with Crippen molar-refractivity contribution >= 4 is 29.2 Å². The molecule has 0 aliphatic carbocycles. The maximum Gasteiger partial charge on any atom is 0.417 e. The molecule has 1 amide bonds. The van der Waals surface area contributed by atoms with Gasteiger partial charge in [-0.2, -0.15) is 13.2 Å². The van der Waals surface area contributed by atoms with E-state index in [1.54, 1.807) is 17.0 Å².